The van der Waals surface area contributed by atoms with E-state index in [2.05, 4.69) is 48.6 Å². The smallest absolute Gasteiger partial charge is 0.183 e. The molecule has 0 spiro atoms. The highest BCUT2D eigenvalue weighted by Gasteiger charge is 2.06. The molecular formula is C15H20N2OS. The highest BCUT2D eigenvalue weighted by Crippen LogP contribution is 2.17. The van der Waals surface area contributed by atoms with Gasteiger partial charge in [-0.2, -0.15) is 0 Å². The number of ether oxygens (including phenoxy) is 1. The summed E-state index contributed by atoms with van der Waals surface area (Å²) in [5.41, 5.74) is 2.38. The molecule has 2 aromatic rings. The topological polar surface area (TPSA) is 34.1 Å². The molecule has 1 heterocycles. The molecule has 0 saturated carbocycles. The van der Waals surface area contributed by atoms with Gasteiger partial charge in [0.2, 0.25) is 0 Å². The monoisotopic (exact) mass is 276 g/mol. The average molecular weight is 276 g/mol. The van der Waals surface area contributed by atoms with Crippen LogP contribution in [0.15, 0.2) is 29.6 Å². The van der Waals surface area contributed by atoms with E-state index in [4.69, 9.17) is 4.74 Å². The van der Waals surface area contributed by atoms with Crippen LogP contribution in [0.4, 0.5) is 5.13 Å². The van der Waals surface area contributed by atoms with Crippen LogP contribution in [0.2, 0.25) is 0 Å². The number of hydrogen-bond donors (Lipinski definition) is 1. The Labute approximate surface area is 118 Å². The summed E-state index contributed by atoms with van der Waals surface area (Å²) in [5.74, 6) is 0.910. The van der Waals surface area contributed by atoms with Gasteiger partial charge in [0.1, 0.15) is 12.4 Å². The van der Waals surface area contributed by atoms with E-state index in [9.17, 15) is 0 Å². The number of aromatic nitrogens is 1. The van der Waals surface area contributed by atoms with Crippen molar-refractivity contribution in [2.75, 3.05) is 11.9 Å². The van der Waals surface area contributed by atoms with Gasteiger partial charge in [-0.3, -0.25) is 0 Å². The van der Waals surface area contributed by atoms with E-state index >= 15 is 0 Å². The van der Waals surface area contributed by atoms with Crippen LogP contribution in [-0.2, 0) is 6.42 Å². The number of rotatable bonds is 6. The predicted molar refractivity (Wildman–Crippen MR) is 81.3 cm³/mol. The third kappa shape index (κ3) is 4.24. The van der Waals surface area contributed by atoms with Crippen LogP contribution in [-0.4, -0.2) is 17.6 Å². The average Bonchev–Trinajstić information content (AvgIpc) is 2.86. The summed E-state index contributed by atoms with van der Waals surface area (Å²) >= 11 is 1.65. The lowest BCUT2D eigenvalue weighted by Gasteiger charge is -2.14. The summed E-state index contributed by atoms with van der Waals surface area (Å²) in [5, 5.41) is 6.42. The Bertz CT molecular complexity index is 507. The zero-order valence-corrected chi connectivity index (χ0v) is 12.5. The third-order valence-electron chi connectivity index (χ3n) is 2.80. The zero-order chi connectivity index (χ0) is 13.7. The maximum atomic E-state index is 5.74. The van der Waals surface area contributed by atoms with Crippen LogP contribution < -0.4 is 10.1 Å². The molecule has 0 saturated heterocycles. The Morgan fingerprint density at radius 2 is 2.05 bits per heavy atom. The van der Waals surface area contributed by atoms with Crippen molar-refractivity contribution in [3.8, 4) is 5.75 Å². The Kier molecular flexibility index (Phi) is 4.80. The summed E-state index contributed by atoms with van der Waals surface area (Å²) in [4.78, 5) is 4.49. The largest absolute Gasteiger partial charge is 0.491 e. The molecule has 1 N–H and O–H groups in total. The molecular weight excluding hydrogens is 256 g/mol. The minimum absolute atomic E-state index is 0.233. The summed E-state index contributed by atoms with van der Waals surface area (Å²) in [7, 11) is 0. The molecule has 0 radical (unpaired) electrons. The molecule has 1 atom stereocenters. The highest BCUT2D eigenvalue weighted by atomic mass is 32.1. The Morgan fingerprint density at radius 1 is 1.32 bits per heavy atom. The highest BCUT2D eigenvalue weighted by molar-refractivity contribution is 7.13. The van der Waals surface area contributed by atoms with Gasteiger partial charge in [-0.15, -0.1) is 11.3 Å². The second kappa shape index (κ2) is 6.57. The van der Waals surface area contributed by atoms with Gasteiger partial charge in [-0.1, -0.05) is 24.6 Å². The quantitative estimate of drug-likeness (QED) is 0.869. The van der Waals surface area contributed by atoms with Crippen LogP contribution in [0, 0.1) is 6.92 Å². The maximum Gasteiger partial charge on any atom is 0.183 e. The number of nitrogens with one attached hydrogen (secondary N) is 1. The van der Waals surface area contributed by atoms with Gasteiger partial charge in [0, 0.05) is 5.38 Å². The van der Waals surface area contributed by atoms with E-state index in [1.165, 1.54) is 5.56 Å². The second-order valence-corrected chi connectivity index (χ2v) is 5.53. The molecule has 102 valence electrons. The minimum atomic E-state index is 0.233. The molecule has 19 heavy (non-hydrogen) atoms. The van der Waals surface area contributed by atoms with Crippen LogP contribution in [0.1, 0.15) is 25.1 Å². The van der Waals surface area contributed by atoms with E-state index in [0.717, 1.165) is 23.0 Å². The fraction of sp³-hybridized carbons (Fsp3) is 0.400. The molecule has 0 aliphatic rings. The first-order chi connectivity index (χ1) is 9.17. The van der Waals surface area contributed by atoms with Crippen molar-refractivity contribution in [3.05, 3.63) is 40.9 Å². The predicted octanol–water partition coefficient (Wildman–Crippen LogP) is 3.89. The first-order valence-electron chi connectivity index (χ1n) is 6.57. The minimum Gasteiger partial charge on any atom is -0.491 e. The maximum absolute atomic E-state index is 5.74. The van der Waals surface area contributed by atoms with Crippen molar-refractivity contribution in [2.24, 2.45) is 0 Å². The van der Waals surface area contributed by atoms with Crippen molar-refractivity contribution in [2.45, 2.75) is 33.2 Å². The number of thiazole rings is 1. The lowest BCUT2D eigenvalue weighted by molar-refractivity contribution is 0.304. The Balaban J connectivity index is 1.81. The third-order valence-corrected chi connectivity index (χ3v) is 3.63. The number of anilines is 1. The van der Waals surface area contributed by atoms with Crippen LogP contribution in [0.25, 0.3) is 0 Å². The van der Waals surface area contributed by atoms with Crippen molar-refractivity contribution in [3.63, 3.8) is 0 Å². The number of benzene rings is 1. The SMILES string of the molecule is CCc1csc(NC(C)COc2ccc(C)cc2)n1. The lowest BCUT2D eigenvalue weighted by atomic mass is 10.2. The molecule has 0 amide bonds. The Morgan fingerprint density at radius 3 is 2.68 bits per heavy atom. The van der Waals surface area contributed by atoms with Gasteiger partial charge in [0.25, 0.3) is 0 Å². The summed E-state index contributed by atoms with van der Waals surface area (Å²) in [6, 6.07) is 8.35. The van der Waals surface area contributed by atoms with Gasteiger partial charge in [0.15, 0.2) is 5.13 Å². The van der Waals surface area contributed by atoms with Crippen molar-refractivity contribution in [1.82, 2.24) is 4.98 Å². The molecule has 0 aliphatic carbocycles. The van der Waals surface area contributed by atoms with Gasteiger partial charge < -0.3 is 10.1 Å². The van der Waals surface area contributed by atoms with E-state index < -0.39 is 0 Å². The van der Waals surface area contributed by atoms with Crippen LogP contribution in [0.5, 0.6) is 5.75 Å². The van der Waals surface area contributed by atoms with Gasteiger partial charge in [-0.25, -0.2) is 4.98 Å². The molecule has 2 rings (SSSR count). The number of hydrogen-bond acceptors (Lipinski definition) is 4. The van der Waals surface area contributed by atoms with E-state index in [0.29, 0.717) is 6.61 Å². The van der Waals surface area contributed by atoms with E-state index in [-0.39, 0.29) is 6.04 Å². The molecule has 3 nitrogen and oxygen atoms in total. The molecule has 1 aromatic carbocycles. The van der Waals surface area contributed by atoms with Crippen molar-refractivity contribution < 1.29 is 4.74 Å². The molecule has 1 unspecified atom stereocenters. The molecule has 4 heteroatoms. The summed E-state index contributed by atoms with van der Waals surface area (Å²) in [6.07, 6.45) is 0.979. The van der Waals surface area contributed by atoms with Crippen molar-refractivity contribution >= 4 is 16.5 Å². The zero-order valence-electron chi connectivity index (χ0n) is 11.6. The molecule has 0 fully saturated rings. The van der Waals surface area contributed by atoms with Crippen LogP contribution >= 0.6 is 11.3 Å². The number of aryl methyl sites for hydroxylation is 2. The van der Waals surface area contributed by atoms with E-state index in [1.807, 2.05) is 12.1 Å². The fourth-order valence-corrected chi connectivity index (χ4v) is 2.55. The molecule has 1 aromatic heterocycles. The second-order valence-electron chi connectivity index (χ2n) is 4.67. The fourth-order valence-electron chi connectivity index (χ4n) is 1.64. The summed E-state index contributed by atoms with van der Waals surface area (Å²) in [6.45, 7) is 6.91. The first-order valence-corrected chi connectivity index (χ1v) is 7.45. The summed E-state index contributed by atoms with van der Waals surface area (Å²) < 4.78 is 5.74. The van der Waals surface area contributed by atoms with Crippen molar-refractivity contribution in [1.29, 1.82) is 0 Å². The Hall–Kier alpha value is -1.55. The molecule has 0 bridgehead atoms. The molecule has 0 aliphatic heterocycles. The van der Waals surface area contributed by atoms with Gasteiger partial charge in [0.05, 0.1) is 11.7 Å². The van der Waals surface area contributed by atoms with Crippen LogP contribution in [0.3, 0.4) is 0 Å². The standard InChI is InChI=1S/C15H20N2OS/c1-4-13-10-19-15(17-13)16-12(3)9-18-14-7-5-11(2)6-8-14/h5-8,10,12H,4,9H2,1-3H3,(H,16,17). The van der Waals surface area contributed by atoms with Gasteiger partial charge in [-0.05, 0) is 32.4 Å². The normalized spacial score (nSPS) is 12.2. The van der Waals surface area contributed by atoms with Gasteiger partial charge >= 0.3 is 0 Å². The number of nitrogens with zero attached hydrogens (tertiary/aromatic N) is 1. The lowest BCUT2D eigenvalue weighted by Crippen LogP contribution is -2.23. The first kappa shape index (κ1) is 13.9. The van der Waals surface area contributed by atoms with E-state index in [1.54, 1.807) is 11.3 Å².